The summed E-state index contributed by atoms with van der Waals surface area (Å²) >= 11 is 0. The number of hydrogen-bond acceptors (Lipinski definition) is 4. The van der Waals surface area contributed by atoms with Crippen molar-refractivity contribution in [2.45, 2.75) is 33.2 Å². The molecule has 0 spiro atoms. The lowest BCUT2D eigenvalue weighted by Crippen LogP contribution is -2.34. The standard InChI is InChI=1S/C17H21FN4O.2ClH/c1-9-4-12(7-19)8-22(9)17(23)14-5-13(18)6-15-16(14)21-11(3)10(2)20-15;;/h5-6,9,12H,4,7-8,19H2,1-3H3;2*1H. The summed E-state index contributed by atoms with van der Waals surface area (Å²) in [7, 11) is 0. The van der Waals surface area contributed by atoms with E-state index >= 15 is 0 Å². The molecule has 1 fully saturated rings. The van der Waals surface area contributed by atoms with Crippen LogP contribution in [-0.4, -0.2) is 39.9 Å². The van der Waals surface area contributed by atoms with Gasteiger partial charge in [0.15, 0.2) is 0 Å². The fourth-order valence-electron chi connectivity index (χ4n) is 3.21. The molecule has 25 heavy (non-hydrogen) atoms. The highest BCUT2D eigenvalue weighted by molar-refractivity contribution is 6.05. The van der Waals surface area contributed by atoms with Crippen molar-refractivity contribution in [3.8, 4) is 0 Å². The largest absolute Gasteiger partial charge is 0.336 e. The molecule has 138 valence electrons. The van der Waals surface area contributed by atoms with E-state index in [4.69, 9.17) is 5.73 Å². The summed E-state index contributed by atoms with van der Waals surface area (Å²) in [5.41, 5.74) is 8.36. The Labute approximate surface area is 159 Å². The molecule has 1 aromatic carbocycles. The first-order valence-electron chi connectivity index (χ1n) is 7.86. The Morgan fingerprint density at radius 1 is 1.28 bits per heavy atom. The second-order valence-corrected chi connectivity index (χ2v) is 6.36. The van der Waals surface area contributed by atoms with Crippen LogP contribution in [0.15, 0.2) is 12.1 Å². The summed E-state index contributed by atoms with van der Waals surface area (Å²) in [5.74, 6) is -0.375. The summed E-state index contributed by atoms with van der Waals surface area (Å²) in [6, 6.07) is 2.67. The molecule has 2 atom stereocenters. The van der Waals surface area contributed by atoms with Crippen LogP contribution in [0.1, 0.15) is 35.1 Å². The van der Waals surface area contributed by atoms with E-state index in [1.807, 2.05) is 20.8 Å². The van der Waals surface area contributed by atoms with Crippen molar-refractivity contribution >= 4 is 41.8 Å². The minimum atomic E-state index is -0.472. The zero-order valence-corrected chi connectivity index (χ0v) is 16.1. The number of benzene rings is 1. The molecule has 2 N–H and O–H groups in total. The number of aryl methyl sites for hydroxylation is 2. The molecule has 2 unspecified atom stereocenters. The molecule has 1 aliphatic rings. The first-order valence-corrected chi connectivity index (χ1v) is 7.86. The summed E-state index contributed by atoms with van der Waals surface area (Å²) in [5, 5.41) is 0. The molecule has 8 heteroatoms. The lowest BCUT2D eigenvalue weighted by atomic mass is 10.1. The third kappa shape index (κ3) is 4.02. The number of carbonyl (C=O) groups is 1. The Morgan fingerprint density at radius 2 is 1.92 bits per heavy atom. The molecule has 0 bridgehead atoms. The molecular formula is C17H23Cl2FN4O. The van der Waals surface area contributed by atoms with E-state index in [0.29, 0.717) is 30.0 Å². The fourth-order valence-corrected chi connectivity index (χ4v) is 3.21. The Balaban J connectivity index is 0.00000156. The maximum Gasteiger partial charge on any atom is 0.256 e. The van der Waals surface area contributed by atoms with E-state index in [1.54, 1.807) is 4.90 Å². The number of nitrogens with two attached hydrogens (primary N) is 1. The van der Waals surface area contributed by atoms with Gasteiger partial charge in [-0.2, -0.15) is 0 Å². The fraction of sp³-hybridized carbons (Fsp3) is 0.471. The predicted molar refractivity (Wildman–Crippen MR) is 101 cm³/mol. The van der Waals surface area contributed by atoms with Gasteiger partial charge in [-0.25, -0.2) is 14.4 Å². The third-order valence-electron chi connectivity index (χ3n) is 4.63. The number of aromatic nitrogens is 2. The molecule has 3 rings (SSSR count). The van der Waals surface area contributed by atoms with Crippen LogP contribution in [0.25, 0.3) is 11.0 Å². The number of rotatable bonds is 2. The van der Waals surface area contributed by atoms with Crippen LogP contribution >= 0.6 is 24.8 Å². The number of halogens is 3. The van der Waals surface area contributed by atoms with Gasteiger partial charge in [0, 0.05) is 18.7 Å². The van der Waals surface area contributed by atoms with Crippen molar-refractivity contribution in [1.29, 1.82) is 0 Å². The van der Waals surface area contributed by atoms with Gasteiger partial charge >= 0.3 is 0 Å². The van der Waals surface area contributed by atoms with Gasteiger partial charge in [0.2, 0.25) is 0 Å². The van der Waals surface area contributed by atoms with Gasteiger partial charge in [0.1, 0.15) is 11.3 Å². The van der Waals surface area contributed by atoms with Crippen molar-refractivity contribution in [3.63, 3.8) is 0 Å². The van der Waals surface area contributed by atoms with Crippen LogP contribution in [0.4, 0.5) is 4.39 Å². The Morgan fingerprint density at radius 3 is 2.52 bits per heavy atom. The maximum atomic E-state index is 14.0. The molecule has 1 saturated heterocycles. The van der Waals surface area contributed by atoms with Gasteiger partial charge in [-0.15, -0.1) is 24.8 Å². The lowest BCUT2D eigenvalue weighted by Gasteiger charge is -2.22. The molecule has 0 radical (unpaired) electrons. The van der Waals surface area contributed by atoms with Crippen molar-refractivity contribution in [2.24, 2.45) is 11.7 Å². The average Bonchev–Trinajstić information content (AvgIpc) is 2.88. The first-order chi connectivity index (χ1) is 10.9. The normalized spacial score (nSPS) is 19.5. The molecule has 1 amide bonds. The number of hydrogen-bond donors (Lipinski definition) is 1. The van der Waals surface area contributed by atoms with E-state index in [-0.39, 0.29) is 42.3 Å². The van der Waals surface area contributed by atoms with Crippen molar-refractivity contribution in [1.82, 2.24) is 14.9 Å². The summed E-state index contributed by atoms with van der Waals surface area (Å²) in [6.45, 7) is 6.81. The molecule has 2 heterocycles. The first kappa shape index (κ1) is 21.5. The topological polar surface area (TPSA) is 72.1 Å². The van der Waals surface area contributed by atoms with Crippen LogP contribution in [-0.2, 0) is 0 Å². The lowest BCUT2D eigenvalue weighted by molar-refractivity contribution is 0.0744. The minimum Gasteiger partial charge on any atom is -0.336 e. The summed E-state index contributed by atoms with van der Waals surface area (Å²) < 4.78 is 14.0. The Hall–Kier alpha value is -1.50. The molecule has 5 nitrogen and oxygen atoms in total. The Bertz CT molecular complexity index is 787. The quantitative estimate of drug-likeness (QED) is 0.857. The van der Waals surface area contributed by atoms with Crippen LogP contribution in [0.3, 0.4) is 0 Å². The average molecular weight is 389 g/mol. The number of likely N-dealkylation sites (tertiary alicyclic amines) is 1. The third-order valence-corrected chi connectivity index (χ3v) is 4.63. The smallest absolute Gasteiger partial charge is 0.256 e. The molecule has 2 aromatic rings. The van der Waals surface area contributed by atoms with Crippen LogP contribution in [0.5, 0.6) is 0 Å². The highest BCUT2D eigenvalue weighted by Gasteiger charge is 2.33. The van der Waals surface area contributed by atoms with Crippen molar-refractivity contribution in [3.05, 3.63) is 34.9 Å². The van der Waals surface area contributed by atoms with Crippen LogP contribution in [0.2, 0.25) is 0 Å². The molecule has 1 aromatic heterocycles. The van der Waals surface area contributed by atoms with Gasteiger partial charge < -0.3 is 10.6 Å². The zero-order valence-electron chi connectivity index (χ0n) is 14.5. The van der Waals surface area contributed by atoms with E-state index in [0.717, 1.165) is 17.8 Å². The number of fused-ring (bicyclic) bond motifs is 1. The SMILES string of the molecule is Cc1nc2cc(F)cc(C(=O)N3CC(CN)CC3C)c2nc1C.Cl.Cl. The number of nitrogens with zero attached hydrogens (tertiary/aromatic N) is 3. The second-order valence-electron chi connectivity index (χ2n) is 6.36. The highest BCUT2D eigenvalue weighted by Crippen LogP contribution is 2.27. The van der Waals surface area contributed by atoms with Crippen LogP contribution in [0, 0.1) is 25.6 Å². The zero-order chi connectivity index (χ0) is 16.7. The van der Waals surface area contributed by atoms with Crippen LogP contribution < -0.4 is 5.73 Å². The van der Waals surface area contributed by atoms with Gasteiger partial charge in [-0.3, -0.25) is 4.79 Å². The van der Waals surface area contributed by atoms with E-state index in [2.05, 4.69) is 9.97 Å². The van der Waals surface area contributed by atoms with E-state index in [9.17, 15) is 9.18 Å². The van der Waals surface area contributed by atoms with E-state index < -0.39 is 5.82 Å². The van der Waals surface area contributed by atoms with Gasteiger partial charge in [0.25, 0.3) is 5.91 Å². The molecular weight excluding hydrogens is 366 g/mol. The maximum absolute atomic E-state index is 14.0. The van der Waals surface area contributed by atoms with Gasteiger partial charge in [0.05, 0.1) is 22.5 Å². The number of carbonyl (C=O) groups excluding carboxylic acids is 1. The molecule has 1 aliphatic heterocycles. The van der Waals surface area contributed by atoms with Gasteiger partial charge in [-0.1, -0.05) is 0 Å². The predicted octanol–water partition coefficient (Wildman–Crippen LogP) is 3.04. The van der Waals surface area contributed by atoms with Crippen molar-refractivity contribution < 1.29 is 9.18 Å². The highest BCUT2D eigenvalue weighted by atomic mass is 35.5. The second kappa shape index (κ2) is 8.25. The van der Waals surface area contributed by atoms with Crippen molar-refractivity contribution in [2.75, 3.05) is 13.1 Å². The summed E-state index contributed by atoms with van der Waals surface area (Å²) in [6.07, 6.45) is 0.874. The summed E-state index contributed by atoms with van der Waals surface area (Å²) in [4.78, 5) is 23.5. The van der Waals surface area contributed by atoms with E-state index in [1.165, 1.54) is 12.1 Å². The Kier molecular flexibility index (Phi) is 7.11. The number of amides is 1. The monoisotopic (exact) mass is 388 g/mol. The van der Waals surface area contributed by atoms with Gasteiger partial charge in [-0.05, 0) is 45.7 Å². The minimum absolute atomic E-state index is 0. The molecule has 0 saturated carbocycles. The molecule has 0 aliphatic carbocycles.